The van der Waals surface area contributed by atoms with Crippen molar-refractivity contribution in [1.82, 2.24) is 9.80 Å². The number of thioether (sulfide) groups is 1. The standard InChI is InChI=1S/C21H28N2O4S2/c1-3-22(13-14-24)19(25)7-5-4-6-12-23-20(26)18(29-21(23)28)15-16-8-10-17(27-2)11-9-16/h8-11,15,24H,3-7,12-14H2,1-2H3. The van der Waals surface area contributed by atoms with Gasteiger partial charge >= 0.3 is 0 Å². The fourth-order valence-corrected chi connectivity index (χ4v) is 4.31. The first kappa shape index (κ1) is 23.4. The Morgan fingerprint density at radius 2 is 2.00 bits per heavy atom. The predicted molar refractivity (Wildman–Crippen MR) is 121 cm³/mol. The summed E-state index contributed by atoms with van der Waals surface area (Å²) in [6.07, 6.45) is 4.71. The summed E-state index contributed by atoms with van der Waals surface area (Å²) in [5.41, 5.74) is 0.924. The number of amides is 2. The van der Waals surface area contributed by atoms with E-state index in [2.05, 4.69) is 0 Å². The first-order valence-corrected chi connectivity index (χ1v) is 11.0. The van der Waals surface area contributed by atoms with Crippen molar-refractivity contribution in [1.29, 1.82) is 0 Å². The molecule has 1 aromatic rings. The molecule has 2 amide bonds. The fraction of sp³-hybridized carbons (Fsp3) is 0.476. The molecule has 2 rings (SSSR count). The molecule has 0 aliphatic carbocycles. The number of hydrogen-bond acceptors (Lipinski definition) is 6. The predicted octanol–water partition coefficient (Wildman–Crippen LogP) is 3.30. The Morgan fingerprint density at radius 1 is 1.28 bits per heavy atom. The highest BCUT2D eigenvalue weighted by Crippen LogP contribution is 2.33. The summed E-state index contributed by atoms with van der Waals surface area (Å²) >= 11 is 6.69. The van der Waals surface area contributed by atoms with Crippen LogP contribution in [0.1, 0.15) is 38.2 Å². The molecule has 29 heavy (non-hydrogen) atoms. The van der Waals surface area contributed by atoms with Gasteiger partial charge in [0.25, 0.3) is 5.91 Å². The van der Waals surface area contributed by atoms with Crippen LogP contribution in [0.4, 0.5) is 0 Å². The van der Waals surface area contributed by atoms with Gasteiger partial charge in [0, 0.05) is 26.1 Å². The van der Waals surface area contributed by atoms with E-state index >= 15 is 0 Å². The van der Waals surface area contributed by atoms with Gasteiger partial charge in [-0.25, -0.2) is 0 Å². The van der Waals surface area contributed by atoms with Crippen LogP contribution in [-0.4, -0.2) is 64.4 Å². The summed E-state index contributed by atoms with van der Waals surface area (Å²) < 4.78 is 5.72. The molecular formula is C21H28N2O4S2. The summed E-state index contributed by atoms with van der Waals surface area (Å²) in [7, 11) is 1.62. The second-order valence-electron chi connectivity index (χ2n) is 6.61. The maximum atomic E-state index is 12.7. The van der Waals surface area contributed by atoms with E-state index in [0.717, 1.165) is 30.6 Å². The van der Waals surface area contributed by atoms with E-state index in [1.54, 1.807) is 16.9 Å². The van der Waals surface area contributed by atoms with Gasteiger partial charge in [-0.3, -0.25) is 14.5 Å². The van der Waals surface area contributed by atoms with E-state index in [1.165, 1.54) is 11.8 Å². The Labute approximate surface area is 181 Å². The average Bonchev–Trinajstić information content (AvgIpc) is 2.99. The van der Waals surface area contributed by atoms with Gasteiger partial charge in [-0.1, -0.05) is 42.5 Å². The Balaban J connectivity index is 1.80. The number of ether oxygens (including phenoxy) is 1. The molecule has 1 fully saturated rings. The topological polar surface area (TPSA) is 70.1 Å². The second kappa shape index (κ2) is 11.9. The van der Waals surface area contributed by atoms with Crippen molar-refractivity contribution < 1.29 is 19.4 Å². The highest BCUT2D eigenvalue weighted by Gasteiger charge is 2.31. The van der Waals surface area contributed by atoms with E-state index in [9.17, 15) is 9.59 Å². The Kier molecular flexibility index (Phi) is 9.63. The largest absolute Gasteiger partial charge is 0.497 e. The molecule has 0 atom stereocenters. The van der Waals surface area contributed by atoms with Crippen LogP contribution in [0.25, 0.3) is 6.08 Å². The number of aliphatic hydroxyl groups excluding tert-OH is 1. The first-order chi connectivity index (χ1) is 14.0. The van der Waals surface area contributed by atoms with Gasteiger partial charge in [0.2, 0.25) is 5.91 Å². The SMILES string of the molecule is CCN(CCO)C(=O)CCCCCN1C(=O)C(=Cc2ccc(OC)cc2)SC1=S. The van der Waals surface area contributed by atoms with Crippen molar-refractivity contribution in [3.05, 3.63) is 34.7 Å². The maximum absolute atomic E-state index is 12.7. The normalized spacial score (nSPS) is 15.3. The molecule has 1 aromatic carbocycles. The summed E-state index contributed by atoms with van der Waals surface area (Å²) in [6, 6.07) is 7.51. The summed E-state index contributed by atoms with van der Waals surface area (Å²) in [4.78, 5) is 28.6. The maximum Gasteiger partial charge on any atom is 0.266 e. The van der Waals surface area contributed by atoms with Crippen molar-refractivity contribution in [3.63, 3.8) is 0 Å². The molecule has 0 bridgehead atoms. The van der Waals surface area contributed by atoms with Crippen LogP contribution in [0.2, 0.25) is 0 Å². The molecule has 158 valence electrons. The number of likely N-dealkylation sites (N-methyl/N-ethyl adjacent to an activating group) is 1. The third-order valence-corrected chi connectivity index (χ3v) is 6.04. The lowest BCUT2D eigenvalue weighted by molar-refractivity contribution is -0.131. The third kappa shape index (κ3) is 6.83. The minimum Gasteiger partial charge on any atom is -0.497 e. The van der Waals surface area contributed by atoms with Crippen LogP contribution < -0.4 is 4.74 Å². The fourth-order valence-electron chi connectivity index (χ4n) is 3.01. The second-order valence-corrected chi connectivity index (χ2v) is 8.29. The van der Waals surface area contributed by atoms with Crippen molar-refractivity contribution in [2.45, 2.75) is 32.6 Å². The van der Waals surface area contributed by atoms with Crippen LogP contribution in [0, 0.1) is 0 Å². The molecule has 0 aromatic heterocycles. The van der Waals surface area contributed by atoms with Crippen LogP contribution in [0.15, 0.2) is 29.2 Å². The van der Waals surface area contributed by atoms with E-state index in [0.29, 0.717) is 35.3 Å². The quantitative estimate of drug-likeness (QED) is 0.326. The van der Waals surface area contributed by atoms with Crippen molar-refractivity contribution in [2.75, 3.05) is 33.4 Å². The average molecular weight is 437 g/mol. The molecule has 1 saturated heterocycles. The molecule has 1 N–H and O–H groups in total. The van der Waals surface area contributed by atoms with Crippen molar-refractivity contribution >= 4 is 46.2 Å². The summed E-state index contributed by atoms with van der Waals surface area (Å²) in [5, 5.41) is 8.98. The molecule has 0 saturated carbocycles. The Morgan fingerprint density at radius 3 is 2.62 bits per heavy atom. The Hall–Kier alpha value is -1.90. The van der Waals surface area contributed by atoms with Gasteiger partial charge in [0.15, 0.2) is 0 Å². The Bertz CT molecular complexity index is 750. The van der Waals surface area contributed by atoms with Gasteiger partial charge < -0.3 is 14.7 Å². The summed E-state index contributed by atoms with van der Waals surface area (Å²) in [5.74, 6) is 0.771. The smallest absolute Gasteiger partial charge is 0.266 e. The molecular weight excluding hydrogens is 408 g/mol. The zero-order valence-corrected chi connectivity index (χ0v) is 18.6. The van der Waals surface area contributed by atoms with Gasteiger partial charge in [0.1, 0.15) is 10.1 Å². The van der Waals surface area contributed by atoms with E-state index in [-0.39, 0.29) is 18.4 Å². The van der Waals surface area contributed by atoms with Crippen LogP contribution >= 0.6 is 24.0 Å². The molecule has 1 aliphatic rings. The molecule has 1 heterocycles. The lowest BCUT2D eigenvalue weighted by Gasteiger charge is -2.19. The molecule has 8 heteroatoms. The number of methoxy groups -OCH3 is 1. The summed E-state index contributed by atoms with van der Waals surface area (Å²) in [6.45, 7) is 3.44. The number of thiocarbonyl (C=S) groups is 1. The molecule has 1 aliphatic heterocycles. The number of carbonyl (C=O) groups is 2. The van der Waals surface area contributed by atoms with Gasteiger partial charge in [0.05, 0.1) is 18.6 Å². The minimum absolute atomic E-state index is 0.0157. The minimum atomic E-state index is -0.0630. The van der Waals surface area contributed by atoms with E-state index < -0.39 is 0 Å². The van der Waals surface area contributed by atoms with Crippen molar-refractivity contribution in [2.24, 2.45) is 0 Å². The number of nitrogens with zero attached hydrogens (tertiary/aromatic N) is 2. The van der Waals surface area contributed by atoms with Gasteiger partial charge in [-0.2, -0.15) is 0 Å². The highest BCUT2D eigenvalue weighted by atomic mass is 32.2. The molecule has 0 spiro atoms. The van der Waals surface area contributed by atoms with Gasteiger partial charge in [-0.05, 0) is 43.5 Å². The van der Waals surface area contributed by atoms with Crippen molar-refractivity contribution in [3.8, 4) is 5.75 Å². The van der Waals surface area contributed by atoms with Crippen LogP contribution in [0.5, 0.6) is 5.75 Å². The third-order valence-electron chi connectivity index (χ3n) is 4.66. The number of carbonyl (C=O) groups excluding carboxylic acids is 2. The zero-order chi connectivity index (χ0) is 21.2. The number of aliphatic hydroxyl groups is 1. The van der Waals surface area contributed by atoms with E-state index in [4.69, 9.17) is 22.1 Å². The molecule has 6 nitrogen and oxygen atoms in total. The molecule has 0 radical (unpaired) electrons. The number of unbranched alkanes of at least 4 members (excludes halogenated alkanes) is 2. The monoisotopic (exact) mass is 436 g/mol. The first-order valence-electron chi connectivity index (χ1n) is 9.78. The number of rotatable bonds is 11. The highest BCUT2D eigenvalue weighted by molar-refractivity contribution is 8.26. The van der Waals surface area contributed by atoms with Gasteiger partial charge in [-0.15, -0.1) is 0 Å². The lowest BCUT2D eigenvalue weighted by Crippen LogP contribution is -2.33. The number of benzene rings is 1. The van der Waals surface area contributed by atoms with Crippen LogP contribution in [-0.2, 0) is 9.59 Å². The van der Waals surface area contributed by atoms with E-state index in [1.807, 2.05) is 37.3 Å². The van der Waals surface area contributed by atoms with Crippen LogP contribution in [0.3, 0.4) is 0 Å². The number of hydrogen-bond donors (Lipinski definition) is 1. The lowest BCUT2D eigenvalue weighted by atomic mass is 10.1. The molecule has 0 unspecified atom stereocenters. The zero-order valence-electron chi connectivity index (χ0n) is 16.9.